The average molecular weight is 348 g/mol. The van der Waals surface area contributed by atoms with E-state index >= 15 is 0 Å². The summed E-state index contributed by atoms with van der Waals surface area (Å²) in [6.45, 7) is 3.58. The molecule has 0 atom stereocenters. The average Bonchev–Trinajstić information content (AvgIpc) is 2.41. The topological polar surface area (TPSA) is 66.4 Å². The molecule has 2 aromatic carbocycles. The largest absolute Gasteiger partial charge is 0.478 e. The standard InChI is InChI=1S/C16H14BrNO3/c1-9-4-3-5-13(14(9)16(20)21)18-15(19)11-6-7-12(17)10(2)8-11/h3-8H,1-2H3,(H,18,19)(H,20,21). The van der Waals surface area contributed by atoms with Gasteiger partial charge in [0.1, 0.15) is 0 Å². The van der Waals surface area contributed by atoms with Gasteiger partial charge in [-0.15, -0.1) is 0 Å². The van der Waals surface area contributed by atoms with Crippen molar-refractivity contribution in [2.45, 2.75) is 13.8 Å². The van der Waals surface area contributed by atoms with Crippen LogP contribution in [0.2, 0.25) is 0 Å². The molecule has 1 amide bonds. The van der Waals surface area contributed by atoms with Crippen LogP contribution in [0.25, 0.3) is 0 Å². The number of aromatic carboxylic acids is 1. The van der Waals surface area contributed by atoms with Crippen LogP contribution in [0.4, 0.5) is 5.69 Å². The van der Waals surface area contributed by atoms with Crippen molar-refractivity contribution in [1.82, 2.24) is 0 Å². The number of carbonyl (C=O) groups is 2. The molecule has 0 aliphatic carbocycles. The Balaban J connectivity index is 2.34. The molecule has 0 saturated carbocycles. The maximum absolute atomic E-state index is 12.2. The summed E-state index contributed by atoms with van der Waals surface area (Å²) in [5.74, 6) is -1.39. The number of rotatable bonds is 3. The van der Waals surface area contributed by atoms with Crippen LogP contribution in [-0.4, -0.2) is 17.0 Å². The Hall–Kier alpha value is -2.14. The van der Waals surface area contributed by atoms with Crippen molar-refractivity contribution >= 4 is 33.5 Å². The highest BCUT2D eigenvalue weighted by molar-refractivity contribution is 9.10. The summed E-state index contributed by atoms with van der Waals surface area (Å²) >= 11 is 3.38. The van der Waals surface area contributed by atoms with Gasteiger partial charge in [-0.3, -0.25) is 4.79 Å². The molecule has 2 rings (SSSR count). The minimum atomic E-state index is -1.06. The maximum atomic E-state index is 12.2. The number of carboxylic acids is 1. The van der Waals surface area contributed by atoms with Gasteiger partial charge in [0.2, 0.25) is 0 Å². The van der Waals surface area contributed by atoms with Crippen molar-refractivity contribution in [2.24, 2.45) is 0 Å². The molecule has 0 radical (unpaired) electrons. The van der Waals surface area contributed by atoms with Gasteiger partial charge in [0.05, 0.1) is 11.3 Å². The smallest absolute Gasteiger partial charge is 0.338 e. The number of carbonyl (C=O) groups excluding carboxylic acids is 1. The number of aryl methyl sites for hydroxylation is 2. The van der Waals surface area contributed by atoms with E-state index in [1.165, 1.54) is 0 Å². The molecule has 0 heterocycles. The van der Waals surface area contributed by atoms with Crippen molar-refractivity contribution < 1.29 is 14.7 Å². The molecule has 0 aromatic heterocycles. The van der Waals surface area contributed by atoms with Crippen LogP contribution in [0, 0.1) is 13.8 Å². The number of anilines is 1. The SMILES string of the molecule is Cc1cc(C(=O)Nc2cccc(C)c2C(=O)O)ccc1Br. The van der Waals surface area contributed by atoms with E-state index in [2.05, 4.69) is 21.2 Å². The Morgan fingerprint density at radius 1 is 1.10 bits per heavy atom. The molecule has 0 fully saturated rings. The van der Waals surface area contributed by atoms with Crippen molar-refractivity contribution in [2.75, 3.05) is 5.32 Å². The Morgan fingerprint density at radius 2 is 1.81 bits per heavy atom. The summed E-state index contributed by atoms with van der Waals surface area (Å²) in [7, 11) is 0. The molecule has 0 aliphatic rings. The van der Waals surface area contributed by atoms with E-state index in [4.69, 9.17) is 0 Å². The normalized spacial score (nSPS) is 10.2. The summed E-state index contributed by atoms with van der Waals surface area (Å²) in [4.78, 5) is 23.5. The molecular formula is C16H14BrNO3. The third kappa shape index (κ3) is 3.31. The highest BCUT2D eigenvalue weighted by atomic mass is 79.9. The monoisotopic (exact) mass is 347 g/mol. The fraction of sp³-hybridized carbons (Fsp3) is 0.125. The molecule has 0 unspecified atom stereocenters. The molecule has 2 N–H and O–H groups in total. The molecule has 0 bridgehead atoms. The van der Waals surface area contributed by atoms with Crippen molar-refractivity contribution in [3.8, 4) is 0 Å². The lowest BCUT2D eigenvalue weighted by molar-refractivity contribution is 0.0697. The van der Waals surface area contributed by atoms with Gasteiger partial charge in [0.25, 0.3) is 5.91 Å². The van der Waals surface area contributed by atoms with Crippen molar-refractivity contribution in [3.05, 3.63) is 63.1 Å². The van der Waals surface area contributed by atoms with Crippen molar-refractivity contribution in [1.29, 1.82) is 0 Å². The highest BCUT2D eigenvalue weighted by Crippen LogP contribution is 2.22. The second-order valence-corrected chi connectivity index (χ2v) is 5.58. The zero-order valence-electron chi connectivity index (χ0n) is 11.6. The van der Waals surface area contributed by atoms with Crippen LogP contribution >= 0.6 is 15.9 Å². The summed E-state index contributed by atoms with van der Waals surface area (Å²) in [5.41, 5.74) is 2.43. The van der Waals surface area contributed by atoms with Crippen LogP contribution in [0.1, 0.15) is 31.8 Å². The number of benzene rings is 2. The third-order valence-electron chi connectivity index (χ3n) is 3.15. The van der Waals surface area contributed by atoms with E-state index in [0.717, 1.165) is 10.0 Å². The Labute approximate surface area is 130 Å². The van der Waals surface area contributed by atoms with E-state index in [9.17, 15) is 14.7 Å². The number of halogens is 1. The molecule has 0 saturated heterocycles. The fourth-order valence-electron chi connectivity index (χ4n) is 2.04. The fourth-order valence-corrected chi connectivity index (χ4v) is 2.28. The summed E-state index contributed by atoms with van der Waals surface area (Å²) < 4.78 is 0.917. The zero-order chi connectivity index (χ0) is 15.6. The number of hydrogen-bond acceptors (Lipinski definition) is 2. The maximum Gasteiger partial charge on any atom is 0.338 e. The van der Waals surface area contributed by atoms with Gasteiger partial charge in [-0.25, -0.2) is 4.79 Å². The first-order valence-electron chi connectivity index (χ1n) is 6.30. The van der Waals surface area contributed by atoms with E-state index in [-0.39, 0.29) is 11.5 Å². The van der Waals surface area contributed by atoms with Crippen LogP contribution in [0.3, 0.4) is 0 Å². The molecule has 2 aromatic rings. The molecule has 0 aliphatic heterocycles. The van der Waals surface area contributed by atoms with Gasteiger partial charge in [0, 0.05) is 10.0 Å². The zero-order valence-corrected chi connectivity index (χ0v) is 13.2. The van der Waals surface area contributed by atoms with Gasteiger partial charge < -0.3 is 10.4 Å². The molecule has 0 spiro atoms. The molecule has 4 nitrogen and oxygen atoms in total. The minimum absolute atomic E-state index is 0.111. The molecule has 108 valence electrons. The Morgan fingerprint density at radius 3 is 2.43 bits per heavy atom. The first-order valence-corrected chi connectivity index (χ1v) is 7.10. The number of carboxylic acid groups (broad SMARTS) is 1. The van der Waals surface area contributed by atoms with Crippen LogP contribution < -0.4 is 5.32 Å². The van der Waals surface area contributed by atoms with Crippen LogP contribution in [-0.2, 0) is 0 Å². The van der Waals surface area contributed by atoms with E-state index < -0.39 is 5.97 Å². The number of nitrogens with one attached hydrogen (secondary N) is 1. The first kappa shape index (κ1) is 15.3. The van der Waals surface area contributed by atoms with Gasteiger partial charge in [0.15, 0.2) is 0 Å². The lowest BCUT2D eigenvalue weighted by atomic mass is 10.1. The van der Waals surface area contributed by atoms with Gasteiger partial charge in [-0.1, -0.05) is 28.1 Å². The predicted molar refractivity (Wildman–Crippen MR) is 85.0 cm³/mol. The van der Waals surface area contributed by atoms with E-state index in [0.29, 0.717) is 16.8 Å². The molecular weight excluding hydrogens is 334 g/mol. The lowest BCUT2D eigenvalue weighted by Gasteiger charge is -2.11. The Bertz CT molecular complexity index is 725. The summed E-state index contributed by atoms with van der Waals surface area (Å²) in [6.07, 6.45) is 0. The summed E-state index contributed by atoms with van der Waals surface area (Å²) in [5, 5.41) is 11.9. The first-order chi connectivity index (χ1) is 9.90. The quantitative estimate of drug-likeness (QED) is 0.881. The summed E-state index contributed by atoms with van der Waals surface area (Å²) in [6, 6.07) is 10.2. The molecule has 21 heavy (non-hydrogen) atoms. The van der Waals surface area contributed by atoms with E-state index in [1.807, 2.05) is 6.92 Å². The number of amides is 1. The Kier molecular flexibility index (Phi) is 4.43. The van der Waals surface area contributed by atoms with Crippen molar-refractivity contribution in [3.63, 3.8) is 0 Å². The second kappa shape index (κ2) is 6.10. The second-order valence-electron chi connectivity index (χ2n) is 4.72. The molecule has 5 heteroatoms. The number of hydrogen-bond donors (Lipinski definition) is 2. The third-order valence-corrected chi connectivity index (χ3v) is 4.04. The van der Waals surface area contributed by atoms with Gasteiger partial charge in [-0.2, -0.15) is 0 Å². The minimum Gasteiger partial charge on any atom is -0.478 e. The van der Waals surface area contributed by atoms with E-state index in [1.54, 1.807) is 43.3 Å². The van der Waals surface area contributed by atoms with Crippen LogP contribution in [0.5, 0.6) is 0 Å². The van der Waals surface area contributed by atoms with Gasteiger partial charge in [-0.05, 0) is 49.2 Å². The van der Waals surface area contributed by atoms with Gasteiger partial charge >= 0.3 is 5.97 Å². The van der Waals surface area contributed by atoms with Crippen LogP contribution in [0.15, 0.2) is 40.9 Å². The highest BCUT2D eigenvalue weighted by Gasteiger charge is 2.16. The lowest BCUT2D eigenvalue weighted by Crippen LogP contribution is -2.15. The predicted octanol–water partition coefficient (Wildman–Crippen LogP) is 4.02.